The van der Waals surface area contributed by atoms with Gasteiger partial charge in [-0.15, -0.1) is 0 Å². The molecule has 7 heteroatoms. The molecule has 4 aromatic carbocycles. The van der Waals surface area contributed by atoms with Crippen LogP contribution in [-0.2, 0) is 6.42 Å². The summed E-state index contributed by atoms with van der Waals surface area (Å²) in [7, 11) is 3.17. The molecule has 0 bridgehead atoms. The third-order valence-electron chi connectivity index (χ3n) is 6.98. The summed E-state index contributed by atoms with van der Waals surface area (Å²) < 4.78 is 11.1. The van der Waals surface area contributed by atoms with E-state index in [0.717, 1.165) is 27.8 Å². The van der Waals surface area contributed by atoms with Crippen molar-refractivity contribution in [2.24, 2.45) is 0 Å². The molecule has 7 nitrogen and oxygen atoms in total. The van der Waals surface area contributed by atoms with Crippen LogP contribution in [0.1, 0.15) is 44.2 Å². The second-order valence-corrected chi connectivity index (χ2v) is 9.27. The number of fused-ring (bicyclic) bond motifs is 1. The van der Waals surface area contributed by atoms with Crippen molar-refractivity contribution in [2.75, 3.05) is 20.8 Å². The van der Waals surface area contributed by atoms with Gasteiger partial charge in [-0.1, -0.05) is 54.6 Å². The zero-order chi connectivity index (χ0) is 27.4. The van der Waals surface area contributed by atoms with E-state index in [-0.39, 0.29) is 11.6 Å². The summed E-state index contributed by atoms with van der Waals surface area (Å²) in [6.07, 6.45) is 4.69. The maximum atomic E-state index is 13.9. The fourth-order valence-electron chi connectivity index (χ4n) is 4.96. The van der Waals surface area contributed by atoms with Gasteiger partial charge in [0, 0.05) is 24.2 Å². The normalized spacial score (nSPS) is 14.6. The molecule has 196 valence electrons. The maximum absolute atomic E-state index is 13.9. The number of hydrogen-bond donors (Lipinski definition) is 0. The van der Waals surface area contributed by atoms with Crippen LogP contribution in [0.25, 0.3) is 12.2 Å². The molecule has 0 aromatic heterocycles. The minimum atomic E-state index is -0.445. The van der Waals surface area contributed by atoms with E-state index in [1.165, 1.54) is 12.1 Å². The SMILES string of the molecule is COc1cc2c(cc1OC)C(c1ccc([N+](=O)[O-])cc1)N(C(=O)c1ccc(C=Cc3ccccc3)cc1)CC2. The molecule has 4 aromatic rings. The van der Waals surface area contributed by atoms with Crippen molar-refractivity contribution >= 4 is 23.7 Å². The van der Waals surface area contributed by atoms with Crippen LogP contribution in [0.5, 0.6) is 11.5 Å². The molecule has 0 fully saturated rings. The van der Waals surface area contributed by atoms with E-state index in [4.69, 9.17) is 9.47 Å². The van der Waals surface area contributed by atoms with E-state index in [9.17, 15) is 14.9 Å². The van der Waals surface area contributed by atoms with Gasteiger partial charge in [-0.25, -0.2) is 0 Å². The lowest BCUT2D eigenvalue weighted by Crippen LogP contribution is -2.40. The Labute approximate surface area is 227 Å². The highest BCUT2D eigenvalue weighted by Gasteiger charge is 2.34. The number of carbonyl (C=O) groups excluding carboxylic acids is 1. The molecule has 0 aliphatic carbocycles. The van der Waals surface area contributed by atoms with Crippen LogP contribution < -0.4 is 9.47 Å². The predicted molar refractivity (Wildman–Crippen MR) is 151 cm³/mol. The lowest BCUT2D eigenvalue weighted by atomic mass is 9.87. The van der Waals surface area contributed by atoms with Crippen molar-refractivity contribution in [3.05, 3.63) is 134 Å². The van der Waals surface area contributed by atoms with E-state index >= 15 is 0 Å². The number of nitrogens with zero attached hydrogens (tertiary/aromatic N) is 2. The van der Waals surface area contributed by atoms with Gasteiger partial charge in [0.2, 0.25) is 0 Å². The van der Waals surface area contributed by atoms with Gasteiger partial charge in [-0.3, -0.25) is 14.9 Å². The highest BCUT2D eigenvalue weighted by atomic mass is 16.6. The number of nitro benzene ring substituents is 1. The summed E-state index contributed by atoms with van der Waals surface area (Å²) in [6, 6.07) is 27.3. The number of methoxy groups -OCH3 is 2. The quantitative estimate of drug-likeness (QED) is 0.156. The largest absolute Gasteiger partial charge is 0.493 e. The first-order chi connectivity index (χ1) is 19.0. The Morgan fingerprint density at radius 2 is 1.49 bits per heavy atom. The lowest BCUT2D eigenvalue weighted by molar-refractivity contribution is -0.384. The third kappa shape index (κ3) is 5.38. The molecule has 1 atom stereocenters. The van der Waals surface area contributed by atoms with Crippen LogP contribution in [0.3, 0.4) is 0 Å². The average Bonchev–Trinajstić information content (AvgIpc) is 2.99. The molecule has 0 saturated carbocycles. The molecular weight excluding hydrogens is 492 g/mol. The maximum Gasteiger partial charge on any atom is 0.269 e. The zero-order valence-electron chi connectivity index (χ0n) is 21.7. The standard InChI is InChI=1S/C32H28N2O5/c1-38-29-20-26-18-19-33(31(28(26)21-30(29)39-2)24-14-16-27(17-15-24)34(36)37)32(35)25-12-10-23(11-13-25)9-8-22-6-4-3-5-7-22/h3-17,20-21,31H,18-19H2,1-2H3. The molecular formula is C32H28N2O5. The summed E-state index contributed by atoms with van der Waals surface area (Å²) in [4.78, 5) is 26.5. The van der Waals surface area contributed by atoms with E-state index < -0.39 is 11.0 Å². The van der Waals surface area contributed by atoms with Crippen molar-refractivity contribution < 1.29 is 19.2 Å². The smallest absolute Gasteiger partial charge is 0.269 e. The molecule has 5 rings (SSSR count). The second-order valence-electron chi connectivity index (χ2n) is 9.27. The van der Waals surface area contributed by atoms with Gasteiger partial charge < -0.3 is 14.4 Å². The first-order valence-corrected chi connectivity index (χ1v) is 12.6. The number of benzene rings is 4. The molecule has 1 amide bonds. The number of rotatable bonds is 7. The topological polar surface area (TPSA) is 81.9 Å². The van der Waals surface area contributed by atoms with E-state index in [0.29, 0.717) is 30.0 Å². The Balaban J connectivity index is 1.49. The van der Waals surface area contributed by atoms with Gasteiger partial charge in [0.25, 0.3) is 11.6 Å². The molecule has 0 saturated heterocycles. The number of carbonyl (C=O) groups is 1. The summed E-state index contributed by atoms with van der Waals surface area (Å²) in [5.41, 5.74) is 5.39. The molecule has 0 spiro atoms. The monoisotopic (exact) mass is 520 g/mol. The number of ether oxygens (including phenoxy) is 2. The second kappa shape index (κ2) is 11.2. The van der Waals surface area contributed by atoms with Gasteiger partial charge in [0.15, 0.2) is 11.5 Å². The van der Waals surface area contributed by atoms with Crippen LogP contribution in [0.15, 0.2) is 91.0 Å². The van der Waals surface area contributed by atoms with Crippen LogP contribution >= 0.6 is 0 Å². The number of hydrogen-bond acceptors (Lipinski definition) is 5. The van der Waals surface area contributed by atoms with Crippen LogP contribution in [0.4, 0.5) is 5.69 Å². The molecule has 1 aliphatic heterocycles. The van der Waals surface area contributed by atoms with E-state index in [1.54, 1.807) is 26.4 Å². The Bertz CT molecular complexity index is 1510. The Kier molecular flexibility index (Phi) is 7.41. The zero-order valence-corrected chi connectivity index (χ0v) is 21.7. The minimum absolute atomic E-state index is 0.000817. The first-order valence-electron chi connectivity index (χ1n) is 12.6. The summed E-state index contributed by atoms with van der Waals surface area (Å²) in [6.45, 7) is 0.485. The highest BCUT2D eigenvalue weighted by molar-refractivity contribution is 5.95. The van der Waals surface area contributed by atoms with Gasteiger partial charge >= 0.3 is 0 Å². The predicted octanol–water partition coefficient (Wildman–Crippen LogP) is 6.57. The molecule has 0 N–H and O–H groups in total. The Morgan fingerprint density at radius 3 is 2.10 bits per heavy atom. The summed E-state index contributed by atoms with van der Waals surface area (Å²) in [5, 5.41) is 11.3. The van der Waals surface area contributed by atoms with Crippen molar-refractivity contribution in [2.45, 2.75) is 12.5 Å². The van der Waals surface area contributed by atoms with Gasteiger partial charge in [-0.2, -0.15) is 0 Å². The van der Waals surface area contributed by atoms with Crippen molar-refractivity contribution in [3.63, 3.8) is 0 Å². The number of non-ortho nitro benzene ring substituents is 1. The average molecular weight is 521 g/mol. The van der Waals surface area contributed by atoms with Gasteiger partial charge in [0.1, 0.15) is 0 Å². The minimum Gasteiger partial charge on any atom is -0.493 e. The molecule has 39 heavy (non-hydrogen) atoms. The fraction of sp³-hybridized carbons (Fsp3) is 0.156. The van der Waals surface area contributed by atoms with Gasteiger partial charge in [0.05, 0.1) is 25.2 Å². The highest BCUT2D eigenvalue weighted by Crippen LogP contribution is 2.41. The van der Waals surface area contributed by atoms with Crippen LogP contribution in [-0.4, -0.2) is 36.5 Å². The van der Waals surface area contributed by atoms with Gasteiger partial charge in [-0.05, 0) is 70.6 Å². The molecule has 1 unspecified atom stereocenters. The lowest BCUT2D eigenvalue weighted by Gasteiger charge is -2.38. The van der Waals surface area contributed by atoms with Crippen LogP contribution in [0.2, 0.25) is 0 Å². The van der Waals surface area contributed by atoms with E-state index in [2.05, 4.69) is 0 Å². The Morgan fingerprint density at radius 1 is 0.872 bits per heavy atom. The Hall–Kier alpha value is -4.91. The summed E-state index contributed by atoms with van der Waals surface area (Å²) in [5.74, 6) is 1.07. The van der Waals surface area contributed by atoms with Crippen molar-refractivity contribution in [3.8, 4) is 11.5 Å². The molecule has 1 aliphatic rings. The molecule has 0 radical (unpaired) electrons. The number of nitro groups is 1. The van der Waals surface area contributed by atoms with Crippen LogP contribution in [0, 0.1) is 10.1 Å². The number of amides is 1. The van der Waals surface area contributed by atoms with E-state index in [1.807, 2.05) is 83.8 Å². The third-order valence-corrected chi connectivity index (χ3v) is 6.98. The van der Waals surface area contributed by atoms with Crippen molar-refractivity contribution in [1.29, 1.82) is 0 Å². The van der Waals surface area contributed by atoms with Crippen molar-refractivity contribution in [1.82, 2.24) is 4.90 Å². The summed E-state index contributed by atoms with van der Waals surface area (Å²) >= 11 is 0. The first kappa shape index (κ1) is 25.7. The molecule has 1 heterocycles. The fourth-order valence-corrected chi connectivity index (χ4v) is 4.96.